The number of carboxylic acids is 1. The van der Waals surface area contributed by atoms with E-state index in [2.05, 4.69) is 5.32 Å². The topological polar surface area (TPSA) is 86.7 Å². The average molecular weight is 284 g/mol. The van der Waals surface area contributed by atoms with E-state index >= 15 is 0 Å². The summed E-state index contributed by atoms with van der Waals surface area (Å²) in [5.74, 6) is -1.50. The Morgan fingerprint density at radius 1 is 1.45 bits per heavy atom. The number of amides is 2. The van der Waals surface area contributed by atoms with Crippen molar-refractivity contribution in [1.82, 2.24) is 10.2 Å². The van der Waals surface area contributed by atoms with E-state index in [1.165, 1.54) is 0 Å². The molecular weight excluding hydrogens is 260 g/mol. The predicted octanol–water partition coefficient (Wildman–Crippen LogP) is 1.00. The molecule has 1 saturated heterocycles. The summed E-state index contributed by atoms with van der Waals surface area (Å²) >= 11 is 0. The molecule has 1 rings (SSSR count). The van der Waals surface area contributed by atoms with Crippen molar-refractivity contribution in [1.29, 1.82) is 0 Å². The summed E-state index contributed by atoms with van der Waals surface area (Å²) in [7, 11) is 0. The Morgan fingerprint density at radius 3 is 2.55 bits per heavy atom. The minimum atomic E-state index is -0.921. The van der Waals surface area contributed by atoms with Gasteiger partial charge in [-0.1, -0.05) is 13.3 Å². The number of carbonyl (C=O) groups excluding carboxylic acids is 2. The predicted molar refractivity (Wildman–Crippen MR) is 74.0 cm³/mol. The molecule has 2 amide bonds. The van der Waals surface area contributed by atoms with Gasteiger partial charge in [-0.2, -0.15) is 0 Å². The zero-order valence-electron chi connectivity index (χ0n) is 12.4. The maximum Gasteiger partial charge on any atom is 0.305 e. The van der Waals surface area contributed by atoms with E-state index in [1.807, 2.05) is 20.8 Å². The van der Waals surface area contributed by atoms with E-state index in [1.54, 1.807) is 4.90 Å². The van der Waals surface area contributed by atoms with Crippen LogP contribution in [0.2, 0.25) is 0 Å². The lowest BCUT2D eigenvalue weighted by Crippen LogP contribution is -2.41. The number of rotatable bonds is 7. The van der Waals surface area contributed by atoms with Crippen LogP contribution in [0, 0.1) is 5.92 Å². The maximum absolute atomic E-state index is 12.1. The van der Waals surface area contributed by atoms with E-state index < -0.39 is 5.97 Å². The van der Waals surface area contributed by atoms with Crippen LogP contribution in [0.3, 0.4) is 0 Å². The van der Waals surface area contributed by atoms with Crippen LogP contribution in [0.25, 0.3) is 0 Å². The molecule has 0 bridgehead atoms. The van der Waals surface area contributed by atoms with Gasteiger partial charge in [0.1, 0.15) is 0 Å². The number of nitrogens with one attached hydrogen (secondary N) is 1. The van der Waals surface area contributed by atoms with Crippen molar-refractivity contribution in [2.45, 2.75) is 58.5 Å². The minimum Gasteiger partial charge on any atom is -0.481 e. The van der Waals surface area contributed by atoms with Crippen LogP contribution in [0.5, 0.6) is 0 Å². The molecule has 0 aromatic heterocycles. The average Bonchev–Trinajstić information content (AvgIpc) is 2.71. The van der Waals surface area contributed by atoms with Gasteiger partial charge in [-0.3, -0.25) is 14.4 Å². The highest BCUT2D eigenvalue weighted by atomic mass is 16.4. The summed E-state index contributed by atoms with van der Waals surface area (Å²) in [4.78, 5) is 36.4. The van der Waals surface area contributed by atoms with Gasteiger partial charge < -0.3 is 15.3 Å². The molecule has 2 N–H and O–H groups in total. The van der Waals surface area contributed by atoms with Crippen molar-refractivity contribution < 1.29 is 19.5 Å². The number of carbonyl (C=O) groups is 3. The zero-order valence-corrected chi connectivity index (χ0v) is 12.4. The summed E-state index contributed by atoms with van der Waals surface area (Å²) in [5.41, 5.74) is 0. The first-order valence-corrected chi connectivity index (χ1v) is 7.16. The van der Waals surface area contributed by atoms with Gasteiger partial charge in [0.25, 0.3) is 0 Å². The smallest absolute Gasteiger partial charge is 0.305 e. The second-order valence-corrected chi connectivity index (χ2v) is 5.63. The highest BCUT2D eigenvalue weighted by Crippen LogP contribution is 2.20. The lowest BCUT2D eigenvalue weighted by Gasteiger charge is -2.22. The number of aliphatic carboxylic acids is 1. The molecule has 114 valence electrons. The van der Waals surface area contributed by atoms with Crippen molar-refractivity contribution in [2.24, 2.45) is 5.92 Å². The molecule has 1 aliphatic heterocycles. The molecule has 20 heavy (non-hydrogen) atoms. The third-order valence-electron chi connectivity index (χ3n) is 3.56. The van der Waals surface area contributed by atoms with E-state index in [0.29, 0.717) is 13.0 Å². The molecule has 1 aliphatic rings. The molecule has 6 nitrogen and oxygen atoms in total. The lowest BCUT2D eigenvalue weighted by atomic mass is 10.0. The van der Waals surface area contributed by atoms with Crippen molar-refractivity contribution in [3.8, 4) is 0 Å². The summed E-state index contributed by atoms with van der Waals surface area (Å²) < 4.78 is 0. The standard InChI is InChI=1S/C14H24N2O4/c1-4-5-11(7-13(18)19)15-14(20)10-6-12(17)16(8-10)9(2)3/h9-11H,4-8H2,1-3H3,(H,15,20)(H,18,19). The first-order chi connectivity index (χ1) is 9.35. The Balaban J connectivity index is 2.57. The maximum atomic E-state index is 12.1. The Labute approximate surface area is 119 Å². The number of hydrogen-bond acceptors (Lipinski definition) is 3. The van der Waals surface area contributed by atoms with E-state index in [4.69, 9.17) is 5.11 Å². The summed E-state index contributed by atoms with van der Waals surface area (Å²) in [6.45, 7) is 6.21. The number of carboxylic acid groups (broad SMARTS) is 1. The Morgan fingerprint density at radius 2 is 2.10 bits per heavy atom. The van der Waals surface area contributed by atoms with Gasteiger partial charge in [0, 0.05) is 25.0 Å². The Kier molecular flexibility index (Phi) is 5.98. The number of nitrogens with zero attached hydrogens (tertiary/aromatic N) is 1. The Hall–Kier alpha value is -1.59. The van der Waals surface area contributed by atoms with Crippen LogP contribution in [-0.2, 0) is 14.4 Å². The first-order valence-electron chi connectivity index (χ1n) is 7.16. The molecule has 0 saturated carbocycles. The second-order valence-electron chi connectivity index (χ2n) is 5.63. The van der Waals surface area contributed by atoms with Gasteiger partial charge in [-0.25, -0.2) is 0 Å². The lowest BCUT2D eigenvalue weighted by molar-refractivity contribution is -0.138. The SMILES string of the molecule is CCCC(CC(=O)O)NC(=O)C1CC(=O)N(C(C)C)C1. The largest absolute Gasteiger partial charge is 0.481 e. The fourth-order valence-electron chi connectivity index (χ4n) is 2.51. The third-order valence-corrected chi connectivity index (χ3v) is 3.56. The van der Waals surface area contributed by atoms with Gasteiger partial charge >= 0.3 is 5.97 Å². The van der Waals surface area contributed by atoms with Crippen LogP contribution in [0.1, 0.15) is 46.5 Å². The number of hydrogen-bond donors (Lipinski definition) is 2. The van der Waals surface area contributed by atoms with Crippen molar-refractivity contribution in [3.63, 3.8) is 0 Å². The van der Waals surface area contributed by atoms with Crippen molar-refractivity contribution in [2.75, 3.05) is 6.54 Å². The van der Waals surface area contributed by atoms with Crippen LogP contribution >= 0.6 is 0 Å². The van der Waals surface area contributed by atoms with Gasteiger partial charge in [-0.05, 0) is 20.3 Å². The molecule has 0 aromatic carbocycles. The van der Waals surface area contributed by atoms with Crippen molar-refractivity contribution in [3.05, 3.63) is 0 Å². The van der Waals surface area contributed by atoms with Gasteiger partial charge in [0.2, 0.25) is 11.8 Å². The molecule has 0 radical (unpaired) electrons. The molecule has 6 heteroatoms. The molecule has 2 unspecified atom stereocenters. The Bertz CT molecular complexity index is 381. The van der Waals surface area contributed by atoms with Gasteiger partial charge in [0.15, 0.2) is 0 Å². The summed E-state index contributed by atoms with van der Waals surface area (Å²) in [6.07, 6.45) is 1.58. The van der Waals surface area contributed by atoms with Gasteiger partial charge in [-0.15, -0.1) is 0 Å². The van der Waals surface area contributed by atoms with E-state index in [-0.39, 0.29) is 42.7 Å². The monoisotopic (exact) mass is 284 g/mol. The summed E-state index contributed by atoms with van der Waals surface area (Å²) in [6, 6.07) is -0.265. The van der Waals surface area contributed by atoms with E-state index in [0.717, 1.165) is 6.42 Å². The van der Waals surface area contributed by atoms with Crippen LogP contribution in [-0.4, -0.2) is 46.4 Å². The first kappa shape index (κ1) is 16.5. The van der Waals surface area contributed by atoms with Crippen molar-refractivity contribution >= 4 is 17.8 Å². The minimum absolute atomic E-state index is 0.00886. The molecule has 2 atom stereocenters. The van der Waals surface area contributed by atoms with Crippen LogP contribution < -0.4 is 5.32 Å². The number of likely N-dealkylation sites (tertiary alicyclic amines) is 1. The van der Waals surface area contributed by atoms with Gasteiger partial charge in [0.05, 0.1) is 12.3 Å². The summed E-state index contributed by atoms with van der Waals surface area (Å²) in [5, 5.41) is 11.6. The molecule has 1 heterocycles. The van der Waals surface area contributed by atoms with Crippen LogP contribution in [0.4, 0.5) is 0 Å². The molecule has 0 aromatic rings. The quantitative estimate of drug-likeness (QED) is 0.730. The molecular formula is C14H24N2O4. The fourth-order valence-corrected chi connectivity index (χ4v) is 2.51. The molecule has 0 aliphatic carbocycles. The highest BCUT2D eigenvalue weighted by Gasteiger charge is 2.36. The molecule has 1 fully saturated rings. The zero-order chi connectivity index (χ0) is 15.3. The molecule has 0 spiro atoms. The highest BCUT2D eigenvalue weighted by molar-refractivity contribution is 5.89. The normalized spacial score (nSPS) is 20.3. The van der Waals surface area contributed by atoms with E-state index in [9.17, 15) is 14.4 Å². The van der Waals surface area contributed by atoms with Crippen LogP contribution in [0.15, 0.2) is 0 Å². The second kappa shape index (κ2) is 7.26. The fraction of sp³-hybridized carbons (Fsp3) is 0.786. The third kappa shape index (κ3) is 4.51.